The van der Waals surface area contributed by atoms with Crippen LogP contribution in [0.3, 0.4) is 0 Å². The van der Waals surface area contributed by atoms with Crippen molar-refractivity contribution in [3.8, 4) is 16.9 Å². The Labute approximate surface area is 108 Å². The van der Waals surface area contributed by atoms with Gasteiger partial charge in [0.2, 0.25) is 0 Å². The summed E-state index contributed by atoms with van der Waals surface area (Å²) in [6.07, 6.45) is 0. The number of aryl methyl sites for hydroxylation is 1. The molecule has 2 N–H and O–H groups in total. The molecule has 0 heterocycles. The van der Waals surface area contributed by atoms with Crippen LogP contribution >= 0.6 is 0 Å². The Balaban J connectivity index is 2.44. The molecule has 2 rings (SSSR count). The highest BCUT2D eigenvalue weighted by Crippen LogP contribution is 2.31. The van der Waals surface area contributed by atoms with Gasteiger partial charge in [-0.1, -0.05) is 35.9 Å². The Morgan fingerprint density at radius 3 is 2.28 bits per heavy atom. The van der Waals surface area contributed by atoms with Crippen LogP contribution in [-0.4, -0.2) is 7.11 Å². The van der Waals surface area contributed by atoms with Gasteiger partial charge in [-0.3, -0.25) is 0 Å². The lowest BCUT2D eigenvalue weighted by atomic mass is 9.99. The molecular weight excluding hydrogens is 222 g/mol. The van der Waals surface area contributed by atoms with Gasteiger partial charge >= 0.3 is 0 Å². The predicted octanol–water partition coefficient (Wildman–Crippen LogP) is 3.69. The standard InChI is InChI=1S/C16H19NO/c1-11-4-9-16(18-3)15(10-11)14-7-5-13(6-8-14)12(2)17/h4-10,12H,17H2,1-3H3. The Hall–Kier alpha value is -1.80. The van der Waals surface area contributed by atoms with Gasteiger partial charge < -0.3 is 10.5 Å². The molecule has 0 radical (unpaired) electrons. The van der Waals surface area contributed by atoms with Crippen molar-refractivity contribution in [1.29, 1.82) is 0 Å². The third-order valence-corrected chi connectivity index (χ3v) is 3.10. The van der Waals surface area contributed by atoms with E-state index in [-0.39, 0.29) is 6.04 Å². The summed E-state index contributed by atoms with van der Waals surface area (Å²) in [4.78, 5) is 0. The molecule has 0 aliphatic heterocycles. The van der Waals surface area contributed by atoms with Crippen LogP contribution in [0.25, 0.3) is 11.1 Å². The van der Waals surface area contributed by atoms with Crippen LogP contribution in [0.4, 0.5) is 0 Å². The van der Waals surface area contributed by atoms with Crippen molar-refractivity contribution in [3.63, 3.8) is 0 Å². The van der Waals surface area contributed by atoms with Crippen molar-refractivity contribution < 1.29 is 4.74 Å². The van der Waals surface area contributed by atoms with Gasteiger partial charge in [-0.25, -0.2) is 0 Å². The van der Waals surface area contributed by atoms with E-state index in [0.717, 1.165) is 22.4 Å². The summed E-state index contributed by atoms with van der Waals surface area (Å²) in [6, 6.07) is 14.6. The van der Waals surface area contributed by atoms with E-state index in [4.69, 9.17) is 10.5 Å². The van der Waals surface area contributed by atoms with Crippen LogP contribution in [0.15, 0.2) is 42.5 Å². The van der Waals surface area contributed by atoms with Crippen molar-refractivity contribution in [1.82, 2.24) is 0 Å². The third kappa shape index (κ3) is 2.54. The van der Waals surface area contributed by atoms with Crippen molar-refractivity contribution in [3.05, 3.63) is 53.6 Å². The highest BCUT2D eigenvalue weighted by atomic mass is 16.5. The zero-order valence-corrected chi connectivity index (χ0v) is 11.1. The first kappa shape index (κ1) is 12.7. The van der Waals surface area contributed by atoms with Crippen LogP contribution in [0.5, 0.6) is 5.75 Å². The highest BCUT2D eigenvalue weighted by Gasteiger charge is 2.06. The van der Waals surface area contributed by atoms with Crippen molar-refractivity contribution >= 4 is 0 Å². The molecule has 2 nitrogen and oxygen atoms in total. The normalized spacial score (nSPS) is 12.2. The quantitative estimate of drug-likeness (QED) is 0.889. The molecule has 2 aromatic carbocycles. The van der Waals surface area contributed by atoms with E-state index in [2.05, 4.69) is 43.3 Å². The van der Waals surface area contributed by atoms with Gasteiger partial charge in [-0.15, -0.1) is 0 Å². The van der Waals surface area contributed by atoms with Crippen LogP contribution in [0.2, 0.25) is 0 Å². The van der Waals surface area contributed by atoms with E-state index in [1.54, 1.807) is 7.11 Å². The van der Waals surface area contributed by atoms with E-state index in [9.17, 15) is 0 Å². The third-order valence-electron chi connectivity index (χ3n) is 3.10. The zero-order valence-electron chi connectivity index (χ0n) is 11.1. The highest BCUT2D eigenvalue weighted by molar-refractivity contribution is 5.71. The fraction of sp³-hybridized carbons (Fsp3) is 0.250. The van der Waals surface area contributed by atoms with E-state index < -0.39 is 0 Å². The number of benzene rings is 2. The van der Waals surface area contributed by atoms with Crippen LogP contribution in [-0.2, 0) is 0 Å². The molecule has 1 unspecified atom stereocenters. The Morgan fingerprint density at radius 2 is 1.72 bits per heavy atom. The number of hydrogen-bond donors (Lipinski definition) is 1. The van der Waals surface area contributed by atoms with Gasteiger partial charge in [0, 0.05) is 11.6 Å². The van der Waals surface area contributed by atoms with Gasteiger partial charge in [0.15, 0.2) is 0 Å². The second kappa shape index (κ2) is 5.23. The SMILES string of the molecule is COc1ccc(C)cc1-c1ccc(C(C)N)cc1. The number of methoxy groups -OCH3 is 1. The Morgan fingerprint density at radius 1 is 1.06 bits per heavy atom. The van der Waals surface area contributed by atoms with Gasteiger partial charge in [-0.05, 0) is 37.1 Å². The summed E-state index contributed by atoms with van der Waals surface area (Å²) < 4.78 is 5.41. The molecule has 0 aromatic heterocycles. The number of ether oxygens (including phenoxy) is 1. The maximum absolute atomic E-state index is 5.86. The average Bonchev–Trinajstić information content (AvgIpc) is 2.39. The van der Waals surface area contributed by atoms with Crippen LogP contribution < -0.4 is 10.5 Å². The Kier molecular flexibility index (Phi) is 3.68. The lowest BCUT2D eigenvalue weighted by molar-refractivity contribution is 0.416. The first-order valence-corrected chi connectivity index (χ1v) is 6.12. The fourth-order valence-corrected chi connectivity index (χ4v) is 2.01. The maximum atomic E-state index is 5.86. The molecule has 0 spiro atoms. The topological polar surface area (TPSA) is 35.2 Å². The molecule has 2 heteroatoms. The monoisotopic (exact) mass is 241 g/mol. The summed E-state index contributed by atoms with van der Waals surface area (Å²) in [5, 5.41) is 0. The minimum Gasteiger partial charge on any atom is -0.496 e. The summed E-state index contributed by atoms with van der Waals surface area (Å²) >= 11 is 0. The van der Waals surface area contributed by atoms with Crippen LogP contribution in [0, 0.1) is 6.92 Å². The minimum absolute atomic E-state index is 0.0680. The van der Waals surface area contributed by atoms with E-state index in [1.165, 1.54) is 5.56 Å². The lowest BCUT2D eigenvalue weighted by Crippen LogP contribution is -2.04. The molecule has 2 aromatic rings. The second-order valence-corrected chi connectivity index (χ2v) is 4.61. The molecule has 0 saturated heterocycles. The van der Waals surface area contributed by atoms with Gasteiger partial charge in [-0.2, -0.15) is 0 Å². The number of rotatable bonds is 3. The summed E-state index contributed by atoms with van der Waals surface area (Å²) in [6.45, 7) is 4.07. The van der Waals surface area contributed by atoms with Crippen molar-refractivity contribution in [2.75, 3.05) is 7.11 Å². The van der Waals surface area contributed by atoms with Gasteiger partial charge in [0.05, 0.1) is 7.11 Å². The van der Waals surface area contributed by atoms with E-state index in [1.807, 2.05) is 13.0 Å². The first-order valence-electron chi connectivity index (χ1n) is 6.12. The molecule has 94 valence electrons. The molecule has 0 aliphatic rings. The number of hydrogen-bond acceptors (Lipinski definition) is 2. The maximum Gasteiger partial charge on any atom is 0.126 e. The largest absolute Gasteiger partial charge is 0.496 e. The molecular formula is C16H19NO. The summed E-state index contributed by atoms with van der Waals surface area (Å²) in [7, 11) is 1.70. The van der Waals surface area contributed by atoms with E-state index >= 15 is 0 Å². The summed E-state index contributed by atoms with van der Waals surface area (Å²) in [5.41, 5.74) is 10.5. The average molecular weight is 241 g/mol. The molecule has 0 bridgehead atoms. The van der Waals surface area contributed by atoms with Gasteiger partial charge in [0.1, 0.15) is 5.75 Å². The fourth-order valence-electron chi connectivity index (χ4n) is 2.01. The smallest absolute Gasteiger partial charge is 0.126 e. The molecule has 1 atom stereocenters. The van der Waals surface area contributed by atoms with Crippen molar-refractivity contribution in [2.45, 2.75) is 19.9 Å². The van der Waals surface area contributed by atoms with Crippen molar-refractivity contribution in [2.24, 2.45) is 5.73 Å². The predicted molar refractivity (Wildman–Crippen MR) is 75.8 cm³/mol. The van der Waals surface area contributed by atoms with Crippen LogP contribution in [0.1, 0.15) is 24.1 Å². The Bertz CT molecular complexity index is 529. The summed E-state index contributed by atoms with van der Waals surface area (Å²) in [5.74, 6) is 0.897. The molecule has 0 aliphatic carbocycles. The minimum atomic E-state index is 0.0680. The molecule has 0 saturated carbocycles. The molecule has 0 amide bonds. The molecule has 18 heavy (non-hydrogen) atoms. The lowest BCUT2D eigenvalue weighted by Gasteiger charge is -2.11. The zero-order chi connectivity index (χ0) is 13.1. The van der Waals surface area contributed by atoms with E-state index in [0.29, 0.717) is 0 Å². The number of nitrogens with two attached hydrogens (primary N) is 1. The molecule has 0 fully saturated rings. The second-order valence-electron chi connectivity index (χ2n) is 4.61. The first-order chi connectivity index (χ1) is 8.61. The van der Waals surface area contributed by atoms with Gasteiger partial charge in [0.25, 0.3) is 0 Å².